The average Bonchev–Trinajstić information content (AvgIpc) is 2.80. The first-order chi connectivity index (χ1) is 10.0. The van der Waals surface area contributed by atoms with Crippen molar-refractivity contribution in [2.24, 2.45) is 13.0 Å². The number of aromatic nitrogens is 3. The van der Waals surface area contributed by atoms with E-state index in [0.717, 1.165) is 5.16 Å². The Kier molecular flexibility index (Phi) is 5.25. The molecular formula is C15H22N4OS. The minimum atomic E-state index is -0.180. The summed E-state index contributed by atoms with van der Waals surface area (Å²) in [7, 11) is 3.71. The van der Waals surface area contributed by atoms with E-state index in [1.807, 2.05) is 25.2 Å². The van der Waals surface area contributed by atoms with Crippen LogP contribution in [0.25, 0.3) is 0 Å². The summed E-state index contributed by atoms with van der Waals surface area (Å²) in [6.45, 7) is 4.38. The van der Waals surface area contributed by atoms with Gasteiger partial charge in [0.2, 0.25) is 0 Å². The van der Waals surface area contributed by atoms with Crippen molar-refractivity contribution in [3.8, 4) is 0 Å². The Hall–Kier alpha value is -1.53. The van der Waals surface area contributed by atoms with Crippen molar-refractivity contribution in [1.29, 1.82) is 0 Å². The van der Waals surface area contributed by atoms with Gasteiger partial charge in [0.25, 0.3) is 0 Å². The highest BCUT2D eigenvalue weighted by molar-refractivity contribution is 7.99. The number of H-pyrrole nitrogens is 1. The fourth-order valence-corrected chi connectivity index (χ4v) is 3.61. The number of nitrogens with zero attached hydrogens (tertiary/aromatic N) is 2. The Balaban J connectivity index is 2.29. The normalized spacial score (nSPS) is 14.3. The van der Waals surface area contributed by atoms with Crippen LogP contribution in [0.2, 0.25) is 0 Å². The molecule has 0 aliphatic heterocycles. The van der Waals surface area contributed by atoms with Gasteiger partial charge in [0.15, 0.2) is 5.16 Å². The van der Waals surface area contributed by atoms with Gasteiger partial charge in [0, 0.05) is 18.3 Å². The van der Waals surface area contributed by atoms with Crippen molar-refractivity contribution in [3.63, 3.8) is 0 Å². The second-order valence-electron chi connectivity index (χ2n) is 5.37. The molecule has 21 heavy (non-hydrogen) atoms. The average molecular weight is 306 g/mol. The van der Waals surface area contributed by atoms with Crippen LogP contribution in [-0.4, -0.2) is 27.1 Å². The Morgan fingerprint density at radius 1 is 1.29 bits per heavy atom. The Bertz CT molecular complexity index is 620. The van der Waals surface area contributed by atoms with E-state index in [9.17, 15) is 4.79 Å². The summed E-state index contributed by atoms with van der Waals surface area (Å²) in [6.07, 6.45) is 0. The van der Waals surface area contributed by atoms with E-state index < -0.39 is 0 Å². The van der Waals surface area contributed by atoms with Crippen LogP contribution in [0, 0.1) is 5.92 Å². The van der Waals surface area contributed by atoms with E-state index in [-0.39, 0.29) is 17.0 Å². The lowest BCUT2D eigenvalue weighted by atomic mass is 9.96. The molecule has 0 bridgehead atoms. The topological polar surface area (TPSA) is 62.7 Å². The van der Waals surface area contributed by atoms with E-state index in [2.05, 4.69) is 41.5 Å². The van der Waals surface area contributed by atoms with Crippen molar-refractivity contribution >= 4 is 11.8 Å². The van der Waals surface area contributed by atoms with Crippen LogP contribution < -0.4 is 11.0 Å². The maximum Gasteiger partial charge on any atom is 0.343 e. The van der Waals surface area contributed by atoms with Crippen LogP contribution in [0.15, 0.2) is 40.3 Å². The van der Waals surface area contributed by atoms with E-state index in [4.69, 9.17) is 0 Å². The van der Waals surface area contributed by atoms with Gasteiger partial charge in [0.1, 0.15) is 0 Å². The van der Waals surface area contributed by atoms with Gasteiger partial charge in [-0.15, -0.1) is 5.10 Å². The highest BCUT2D eigenvalue weighted by Gasteiger charge is 2.27. The van der Waals surface area contributed by atoms with Crippen molar-refractivity contribution < 1.29 is 0 Å². The lowest BCUT2D eigenvalue weighted by Crippen LogP contribution is -2.31. The quantitative estimate of drug-likeness (QED) is 0.803. The van der Waals surface area contributed by atoms with Gasteiger partial charge >= 0.3 is 5.69 Å². The van der Waals surface area contributed by atoms with Gasteiger partial charge < -0.3 is 5.32 Å². The molecule has 2 atom stereocenters. The fraction of sp³-hybridized carbons (Fsp3) is 0.467. The number of hydrogen-bond acceptors (Lipinski definition) is 4. The Labute approximate surface area is 129 Å². The first kappa shape index (κ1) is 15.9. The van der Waals surface area contributed by atoms with Crippen molar-refractivity contribution in [2.45, 2.75) is 30.3 Å². The summed E-state index contributed by atoms with van der Waals surface area (Å²) in [6, 6.07) is 10.6. The van der Waals surface area contributed by atoms with E-state index in [0.29, 0.717) is 5.92 Å². The minimum absolute atomic E-state index is 0.180. The monoisotopic (exact) mass is 306 g/mol. The molecule has 1 aromatic carbocycles. The molecule has 0 amide bonds. The van der Waals surface area contributed by atoms with Crippen LogP contribution in [0.1, 0.15) is 25.5 Å². The second-order valence-corrected chi connectivity index (χ2v) is 6.52. The smallest absolute Gasteiger partial charge is 0.312 e. The number of benzene rings is 1. The third-order valence-corrected chi connectivity index (χ3v) is 5.20. The molecule has 0 aliphatic carbocycles. The molecule has 0 fully saturated rings. The standard InChI is InChI=1S/C15H22N4OS/c1-10(2)13(21-15-18-17-14(20)19(15)4)12(16-3)11-8-6-5-7-9-11/h5-10,12-13,16H,1-4H3,(H,17,20). The number of hydrogen-bond donors (Lipinski definition) is 2. The summed E-state index contributed by atoms with van der Waals surface area (Å²) in [5, 5.41) is 11.0. The van der Waals surface area contributed by atoms with Gasteiger partial charge in [-0.2, -0.15) is 0 Å². The molecule has 2 N–H and O–H groups in total. The lowest BCUT2D eigenvalue weighted by molar-refractivity contribution is 0.471. The Morgan fingerprint density at radius 2 is 1.95 bits per heavy atom. The molecule has 0 aliphatic rings. The predicted octanol–water partition coefficient (Wildman–Crippen LogP) is 2.19. The summed E-state index contributed by atoms with van der Waals surface area (Å²) >= 11 is 1.63. The molecule has 0 saturated carbocycles. The van der Waals surface area contributed by atoms with Crippen molar-refractivity contribution in [1.82, 2.24) is 20.1 Å². The molecule has 2 aromatic rings. The summed E-state index contributed by atoms with van der Waals surface area (Å²) in [5.74, 6) is 0.430. The van der Waals surface area contributed by atoms with Crippen molar-refractivity contribution in [2.75, 3.05) is 7.05 Å². The molecule has 114 valence electrons. The molecule has 5 nitrogen and oxygen atoms in total. The van der Waals surface area contributed by atoms with Crippen LogP contribution in [-0.2, 0) is 7.05 Å². The molecule has 0 radical (unpaired) electrons. The molecule has 6 heteroatoms. The highest BCUT2D eigenvalue weighted by Crippen LogP contribution is 2.35. The Morgan fingerprint density at radius 3 is 2.43 bits per heavy atom. The number of thioether (sulfide) groups is 1. The van der Waals surface area contributed by atoms with Gasteiger partial charge in [0.05, 0.1) is 0 Å². The van der Waals surface area contributed by atoms with Crippen LogP contribution in [0.4, 0.5) is 0 Å². The number of rotatable bonds is 6. The van der Waals surface area contributed by atoms with Crippen LogP contribution >= 0.6 is 11.8 Å². The highest BCUT2D eigenvalue weighted by atomic mass is 32.2. The zero-order chi connectivity index (χ0) is 15.4. The summed E-state index contributed by atoms with van der Waals surface area (Å²) in [5.41, 5.74) is 1.06. The SMILES string of the molecule is CNC(c1ccccc1)C(Sc1n[nH]c(=O)n1C)C(C)C. The number of nitrogens with one attached hydrogen (secondary N) is 2. The lowest BCUT2D eigenvalue weighted by Gasteiger charge is -2.29. The van der Waals surface area contributed by atoms with Crippen LogP contribution in [0.5, 0.6) is 0 Å². The van der Waals surface area contributed by atoms with E-state index in [1.165, 1.54) is 5.56 Å². The molecule has 0 saturated heterocycles. The molecular weight excluding hydrogens is 284 g/mol. The fourth-order valence-electron chi connectivity index (χ4n) is 2.33. The third-order valence-electron chi connectivity index (χ3n) is 3.54. The minimum Gasteiger partial charge on any atom is -0.312 e. The zero-order valence-corrected chi connectivity index (χ0v) is 13.6. The van der Waals surface area contributed by atoms with Gasteiger partial charge in [-0.05, 0) is 18.5 Å². The summed E-state index contributed by atoms with van der Waals surface area (Å²) < 4.78 is 1.55. The second kappa shape index (κ2) is 6.95. The first-order valence-corrected chi connectivity index (χ1v) is 7.92. The largest absolute Gasteiger partial charge is 0.343 e. The van der Waals surface area contributed by atoms with Crippen LogP contribution in [0.3, 0.4) is 0 Å². The first-order valence-electron chi connectivity index (χ1n) is 7.04. The molecule has 1 aromatic heterocycles. The van der Waals surface area contributed by atoms with Gasteiger partial charge in [-0.1, -0.05) is 55.9 Å². The molecule has 1 heterocycles. The third kappa shape index (κ3) is 3.57. The maximum absolute atomic E-state index is 11.5. The summed E-state index contributed by atoms with van der Waals surface area (Å²) in [4.78, 5) is 11.5. The maximum atomic E-state index is 11.5. The number of aromatic amines is 1. The zero-order valence-electron chi connectivity index (χ0n) is 12.8. The van der Waals surface area contributed by atoms with Gasteiger partial charge in [-0.25, -0.2) is 9.89 Å². The van der Waals surface area contributed by atoms with E-state index in [1.54, 1.807) is 23.4 Å². The predicted molar refractivity (Wildman–Crippen MR) is 86.6 cm³/mol. The van der Waals surface area contributed by atoms with Gasteiger partial charge in [-0.3, -0.25) is 4.57 Å². The molecule has 0 spiro atoms. The molecule has 2 rings (SSSR count). The van der Waals surface area contributed by atoms with E-state index >= 15 is 0 Å². The van der Waals surface area contributed by atoms with Crippen molar-refractivity contribution in [3.05, 3.63) is 46.4 Å². The molecule has 2 unspecified atom stereocenters.